The van der Waals surface area contributed by atoms with Gasteiger partial charge in [0.2, 0.25) is 5.88 Å². The lowest BCUT2D eigenvalue weighted by atomic mass is 10.4. The van der Waals surface area contributed by atoms with Crippen LogP contribution >= 0.6 is 0 Å². The number of hydrogen-bond donors (Lipinski definition) is 0. The van der Waals surface area contributed by atoms with Crippen molar-refractivity contribution in [2.75, 3.05) is 7.11 Å². The highest BCUT2D eigenvalue weighted by Crippen LogP contribution is 2.13. The summed E-state index contributed by atoms with van der Waals surface area (Å²) < 4.78 is 4.68. The van der Waals surface area contributed by atoms with Crippen LogP contribution in [0.2, 0.25) is 0 Å². The van der Waals surface area contributed by atoms with Gasteiger partial charge < -0.3 is 4.74 Å². The molecule has 0 aliphatic heterocycles. The van der Waals surface area contributed by atoms with Crippen molar-refractivity contribution in [3.63, 3.8) is 0 Å². The van der Waals surface area contributed by atoms with Crippen molar-refractivity contribution in [3.8, 4) is 11.6 Å². The van der Waals surface area contributed by atoms with E-state index < -0.39 is 0 Å². The van der Waals surface area contributed by atoms with Crippen LogP contribution in [0.1, 0.15) is 0 Å². The van der Waals surface area contributed by atoms with E-state index in [2.05, 4.69) is 9.72 Å². The minimum Gasteiger partial charge on any atom is -0.481 e. The molecule has 1 rings (SSSR count). The van der Waals surface area contributed by atoms with Crippen molar-refractivity contribution in [1.82, 2.24) is 4.98 Å². The van der Waals surface area contributed by atoms with Crippen molar-refractivity contribution in [2.45, 2.75) is 0 Å². The van der Waals surface area contributed by atoms with Crippen molar-refractivity contribution in [3.05, 3.63) is 18.3 Å². The molecule has 9 heavy (non-hydrogen) atoms. The Hall–Kier alpha value is -1.25. The molecule has 0 aliphatic rings. The Kier molecular flexibility index (Phi) is 1.53. The molecule has 0 bridgehead atoms. The van der Waals surface area contributed by atoms with E-state index >= 15 is 0 Å². The van der Waals surface area contributed by atoms with E-state index in [1.165, 1.54) is 25.4 Å². The van der Waals surface area contributed by atoms with E-state index in [0.717, 1.165) is 0 Å². The molecule has 0 saturated heterocycles. The first-order valence-electron chi connectivity index (χ1n) is 2.50. The van der Waals surface area contributed by atoms with Gasteiger partial charge in [0, 0.05) is 18.3 Å². The van der Waals surface area contributed by atoms with Gasteiger partial charge in [0.25, 0.3) is 0 Å². The number of hydrogen-bond acceptors (Lipinski definition) is 2. The van der Waals surface area contributed by atoms with Gasteiger partial charge in [-0.1, -0.05) is 0 Å². The summed E-state index contributed by atoms with van der Waals surface area (Å²) in [7, 11) is 1.47. The van der Waals surface area contributed by atoms with E-state index in [1.54, 1.807) is 0 Å². The van der Waals surface area contributed by atoms with Crippen LogP contribution in [0.25, 0.3) is 0 Å². The Morgan fingerprint density at radius 2 is 2.44 bits per heavy atom. The molecule has 1 radical (unpaired) electrons. The van der Waals surface area contributed by atoms with Gasteiger partial charge in [0.05, 0.1) is 7.11 Å². The molecule has 0 aromatic carbocycles. The van der Waals surface area contributed by atoms with Crippen LogP contribution < -0.4 is 4.74 Å². The molecule has 1 aromatic rings. The summed E-state index contributed by atoms with van der Waals surface area (Å²) >= 11 is 0. The van der Waals surface area contributed by atoms with Crippen molar-refractivity contribution < 1.29 is 9.84 Å². The predicted octanol–water partition coefficient (Wildman–Crippen LogP) is 1.23. The van der Waals surface area contributed by atoms with Crippen LogP contribution in [-0.4, -0.2) is 12.1 Å². The molecular weight excluding hydrogens is 118 g/mol. The summed E-state index contributed by atoms with van der Waals surface area (Å²) in [5, 5.41) is 10.5. The highest BCUT2D eigenvalue weighted by Gasteiger charge is 1.92. The van der Waals surface area contributed by atoms with E-state index in [1.807, 2.05) is 0 Å². The lowest BCUT2D eigenvalue weighted by molar-refractivity contribution is 0.345. The monoisotopic (exact) mass is 124 g/mol. The van der Waals surface area contributed by atoms with Crippen molar-refractivity contribution in [1.29, 1.82) is 0 Å². The van der Waals surface area contributed by atoms with Gasteiger partial charge in [-0.3, -0.25) is 5.11 Å². The lowest BCUT2D eigenvalue weighted by Crippen LogP contribution is -1.83. The van der Waals surface area contributed by atoms with Crippen LogP contribution in [0, 0.1) is 0 Å². The molecule has 0 amide bonds. The molecule has 0 saturated carbocycles. The van der Waals surface area contributed by atoms with Gasteiger partial charge in [-0.25, -0.2) is 4.98 Å². The Morgan fingerprint density at radius 1 is 1.67 bits per heavy atom. The second-order valence-electron chi connectivity index (χ2n) is 1.53. The molecule has 1 aromatic heterocycles. The Bertz CT molecular complexity index is 200. The topological polar surface area (TPSA) is 42.0 Å². The normalized spacial score (nSPS) is 9.00. The quantitative estimate of drug-likeness (QED) is 0.565. The largest absolute Gasteiger partial charge is 0.481 e. The molecular formula is C6H6NO2. The third-order valence-corrected chi connectivity index (χ3v) is 0.915. The fourth-order valence-electron chi connectivity index (χ4n) is 0.503. The number of rotatable bonds is 1. The third kappa shape index (κ3) is 1.32. The van der Waals surface area contributed by atoms with Crippen molar-refractivity contribution in [2.24, 2.45) is 0 Å². The number of pyridine rings is 1. The second kappa shape index (κ2) is 2.35. The van der Waals surface area contributed by atoms with Gasteiger partial charge in [-0.15, -0.1) is 0 Å². The van der Waals surface area contributed by atoms with Gasteiger partial charge >= 0.3 is 0 Å². The molecule has 0 N–H and O–H groups in total. The molecule has 1 heterocycles. The molecule has 3 heteroatoms. The predicted molar refractivity (Wildman–Crippen MR) is 30.9 cm³/mol. The molecule has 0 atom stereocenters. The maximum Gasteiger partial charge on any atom is 0.216 e. The van der Waals surface area contributed by atoms with Crippen LogP contribution in [0.5, 0.6) is 11.6 Å². The van der Waals surface area contributed by atoms with E-state index in [9.17, 15) is 5.11 Å². The smallest absolute Gasteiger partial charge is 0.216 e. The summed E-state index contributed by atoms with van der Waals surface area (Å²) in [6.45, 7) is 0. The highest BCUT2D eigenvalue weighted by molar-refractivity contribution is 5.23. The summed E-state index contributed by atoms with van der Waals surface area (Å²) in [6, 6.07) is 2.71. The molecule has 0 aliphatic carbocycles. The molecule has 0 unspecified atom stereocenters. The van der Waals surface area contributed by atoms with Gasteiger partial charge in [-0.05, 0) is 0 Å². The molecule has 0 fully saturated rings. The van der Waals surface area contributed by atoms with Crippen molar-refractivity contribution >= 4 is 0 Å². The fourth-order valence-corrected chi connectivity index (χ4v) is 0.503. The number of nitrogens with zero attached hydrogens (tertiary/aromatic N) is 1. The maximum atomic E-state index is 10.5. The first-order chi connectivity index (χ1) is 4.33. The number of ether oxygens (including phenoxy) is 1. The van der Waals surface area contributed by atoms with Crippen LogP contribution in [0.15, 0.2) is 18.3 Å². The molecule has 0 spiro atoms. The standard InChI is InChI=1S/C6H6NO2/c1-9-6-4-5(8)2-3-7-6/h2-4H,1H3. The second-order valence-corrected chi connectivity index (χ2v) is 1.53. The molecule has 3 nitrogen and oxygen atoms in total. The summed E-state index contributed by atoms with van der Waals surface area (Å²) in [5.41, 5.74) is 0. The zero-order chi connectivity index (χ0) is 6.69. The number of aromatic nitrogens is 1. The Balaban J connectivity index is 2.94. The van der Waals surface area contributed by atoms with Gasteiger partial charge in [-0.2, -0.15) is 0 Å². The zero-order valence-corrected chi connectivity index (χ0v) is 5.00. The minimum absolute atomic E-state index is 0.0816. The lowest BCUT2D eigenvalue weighted by Gasteiger charge is -1.94. The Labute approximate surface area is 52.9 Å². The summed E-state index contributed by atoms with van der Waals surface area (Å²) in [4.78, 5) is 3.74. The first kappa shape index (κ1) is 5.88. The van der Waals surface area contributed by atoms with Crippen LogP contribution in [0.3, 0.4) is 0 Å². The van der Waals surface area contributed by atoms with E-state index in [-0.39, 0.29) is 5.75 Å². The number of methoxy groups -OCH3 is 1. The average molecular weight is 124 g/mol. The third-order valence-electron chi connectivity index (χ3n) is 0.915. The van der Waals surface area contributed by atoms with Crippen LogP contribution in [-0.2, 0) is 5.11 Å². The Morgan fingerprint density at radius 3 is 2.89 bits per heavy atom. The highest BCUT2D eigenvalue weighted by atomic mass is 16.5. The maximum absolute atomic E-state index is 10.5. The van der Waals surface area contributed by atoms with Gasteiger partial charge in [0.15, 0.2) is 5.75 Å². The SMILES string of the molecule is COc1cc([O])ccn1. The molecule has 47 valence electrons. The average Bonchev–Trinajstić information content (AvgIpc) is 1.88. The first-order valence-corrected chi connectivity index (χ1v) is 2.50. The van der Waals surface area contributed by atoms with Crippen LogP contribution in [0.4, 0.5) is 0 Å². The van der Waals surface area contributed by atoms with Gasteiger partial charge in [0.1, 0.15) is 0 Å². The summed E-state index contributed by atoms with van der Waals surface area (Å²) in [6.07, 6.45) is 1.42. The zero-order valence-electron chi connectivity index (χ0n) is 5.00. The van der Waals surface area contributed by atoms with E-state index in [4.69, 9.17) is 0 Å². The fraction of sp³-hybridized carbons (Fsp3) is 0.167. The van der Waals surface area contributed by atoms with E-state index in [0.29, 0.717) is 5.88 Å². The minimum atomic E-state index is -0.0816. The summed E-state index contributed by atoms with van der Waals surface area (Å²) in [5.74, 6) is 0.282.